The third-order valence-electron chi connectivity index (χ3n) is 5.11. The molecule has 0 unspecified atom stereocenters. The number of ether oxygens (including phenoxy) is 1. The van der Waals surface area contributed by atoms with Crippen molar-refractivity contribution < 1.29 is 14.3 Å². The largest absolute Gasteiger partial charge is 0.450 e. The number of carbonyl (C=O) groups excluding carboxylic acids is 2. The first-order chi connectivity index (χ1) is 13.7. The number of rotatable bonds is 3. The van der Waals surface area contributed by atoms with Crippen LogP contribution >= 0.6 is 0 Å². The number of nitrogens with zero attached hydrogens (tertiary/aromatic N) is 5. The number of piperazine rings is 1. The van der Waals surface area contributed by atoms with Gasteiger partial charge >= 0.3 is 6.09 Å². The second-order valence-electron chi connectivity index (χ2n) is 6.77. The summed E-state index contributed by atoms with van der Waals surface area (Å²) < 4.78 is 5.01. The minimum atomic E-state index is -0.329. The van der Waals surface area contributed by atoms with Crippen LogP contribution in [0.2, 0.25) is 0 Å². The number of hydrogen-bond acceptors (Lipinski definition) is 6. The molecule has 0 aliphatic carbocycles. The van der Waals surface area contributed by atoms with Gasteiger partial charge in [0, 0.05) is 38.4 Å². The molecule has 8 heteroatoms. The van der Waals surface area contributed by atoms with Crippen LogP contribution in [0.25, 0.3) is 0 Å². The van der Waals surface area contributed by atoms with Gasteiger partial charge in [-0.1, -0.05) is 18.2 Å². The lowest BCUT2D eigenvalue weighted by Crippen LogP contribution is -2.50. The average Bonchev–Trinajstić information content (AvgIpc) is 3.18. The fourth-order valence-electron chi connectivity index (χ4n) is 3.62. The highest BCUT2D eigenvalue weighted by Gasteiger charge is 2.27. The van der Waals surface area contributed by atoms with E-state index in [2.05, 4.69) is 27.0 Å². The summed E-state index contributed by atoms with van der Waals surface area (Å²) in [5.41, 5.74) is 2.76. The number of benzene rings is 1. The second kappa shape index (κ2) is 7.84. The Labute approximate surface area is 163 Å². The van der Waals surface area contributed by atoms with E-state index in [1.807, 2.05) is 12.1 Å². The Morgan fingerprint density at radius 3 is 2.46 bits per heavy atom. The highest BCUT2D eigenvalue weighted by atomic mass is 16.6. The smallest absolute Gasteiger partial charge is 0.409 e. The van der Waals surface area contributed by atoms with Gasteiger partial charge in [-0.3, -0.25) is 4.79 Å². The van der Waals surface area contributed by atoms with Crippen LogP contribution in [0.1, 0.15) is 23.0 Å². The predicted molar refractivity (Wildman–Crippen MR) is 104 cm³/mol. The molecule has 2 aliphatic heterocycles. The van der Waals surface area contributed by atoms with Gasteiger partial charge in [0.05, 0.1) is 19.0 Å². The van der Waals surface area contributed by atoms with Crippen molar-refractivity contribution >= 4 is 23.5 Å². The minimum absolute atomic E-state index is 0.163. The molecule has 0 atom stereocenters. The van der Waals surface area contributed by atoms with Gasteiger partial charge in [0.15, 0.2) is 5.82 Å². The summed E-state index contributed by atoms with van der Waals surface area (Å²) in [5.74, 6) is 0.581. The van der Waals surface area contributed by atoms with Crippen molar-refractivity contribution in [2.75, 3.05) is 44.2 Å². The molecule has 0 N–H and O–H groups in total. The molecule has 8 nitrogen and oxygen atoms in total. The molecule has 0 bridgehead atoms. The van der Waals surface area contributed by atoms with Gasteiger partial charge < -0.3 is 19.4 Å². The van der Waals surface area contributed by atoms with E-state index in [-0.39, 0.29) is 12.0 Å². The van der Waals surface area contributed by atoms with Crippen molar-refractivity contribution in [1.82, 2.24) is 19.8 Å². The number of anilines is 2. The van der Waals surface area contributed by atoms with Crippen molar-refractivity contribution in [2.24, 2.45) is 0 Å². The Hall–Kier alpha value is -3.16. The molecule has 146 valence electrons. The first-order valence-corrected chi connectivity index (χ1v) is 9.56. The number of aromatic nitrogens is 2. The lowest BCUT2D eigenvalue weighted by Gasteiger charge is -2.33. The van der Waals surface area contributed by atoms with E-state index >= 15 is 0 Å². The van der Waals surface area contributed by atoms with Crippen LogP contribution in [-0.2, 0) is 11.2 Å². The summed E-state index contributed by atoms with van der Waals surface area (Å²) in [6.07, 6.45) is 3.84. The predicted octanol–water partition coefficient (Wildman–Crippen LogP) is 2.09. The summed E-state index contributed by atoms with van der Waals surface area (Å²) in [4.78, 5) is 38.7. The van der Waals surface area contributed by atoms with Gasteiger partial charge in [-0.25, -0.2) is 14.8 Å². The maximum absolute atomic E-state index is 12.7. The van der Waals surface area contributed by atoms with Gasteiger partial charge in [-0.2, -0.15) is 0 Å². The third kappa shape index (κ3) is 3.49. The molecule has 2 amide bonds. The molecule has 2 aliphatic rings. The Morgan fingerprint density at radius 1 is 1.00 bits per heavy atom. The SMILES string of the molecule is CCOC(=O)N1CCN(C(=O)c2cnc(N3CCc4ccccc43)cn2)CC1. The Balaban J connectivity index is 1.40. The summed E-state index contributed by atoms with van der Waals surface area (Å²) >= 11 is 0. The second-order valence-corrected chi connectivity index (χ2v) is 6.77. The van der Waals surface area contributed by atoms with Crippen molar-refractivity contribution in [1.29, 1.82) is 0 Å². The molecule has 4 rings (SSSR count). The monoisotopic (exact) mass is 381 g/mol. The maximum Gasteiger partial charge on any atom is 0.409 e. The topological polar surface area (TPSA) is 78.9 Å². The Kier molecular flexibility index (Phi) is 5.10. The van der Waals surface area contributed by atoms with Crippen molar-refractivity contribution in [3.63, 3.8) is 0 Å². The third-order valence-corrected chi connectivity index (χ3v) is 5.11. The van der Waals surface area contributed by atoms with Gasteiger partial charge in [-0.15, -0.1) is 0 Å². The van der Waals surface area contributed by atoms with Crippen LogP contribution in [0.15, 0.2) is 36.7 Å². The number of fused-ring (bicyclic) bond motifs is 1. The molecule has 0 spiro atoms. The molecule has 3 heterocycles. The first kappa shape index (κ1) is 18.2. The van der Waals surface area contributed by atoms with Crippen LogP contribution in [0.3, 0.4) is 0 Å². The number of carbonyl (C=O) groups is 2. The van der Waals surface area contributed by atoms with Crippen molar-refractivity contribution in [3.8, 4) is 0 Å². The Morgan fingerprint density at radius 2 is 1.75 bits per heavy atom. The zero-order valence-corrected chi connectivity index (χ0v) is 15.9. The molecule has 1 aromatic heterocycles. The summed E-state index contributed by atoms with van der Waals surface area (Å²) in [7, 11) is 0. The Bertz CT molecular complexity index is 862. The highest BCUT2D eigenvalue weighted by molar-refractivity contribution is 5.92. The lowest BCUT2D eigenvalue weighted by atomic mass is 10.2. The van der Waals surface area contributed by atoms with Gasteiger partial charge in [0.25, 0.3) is 5.91 Å². The van der Waals surface area contributed by atoms with Gasteiger partial charge in [0.1, 0.15) is 5.69 Å². The van der Waals surface area contributed by atoms with Crippen LogP contribution < -0.4 is 4.90 Å². The average molecular weight is 381 g/mol. The molecule has 28 heavy (non-hydrogen) atoms. The molecule has 1 saturated heterocycles. The molecule has 0 radical (unpaired) electrons. The van der Waals surface area contributed by atoms with Crippen molar-refractivity contribution in [3.05, 3.63) is 47.9 Å². The van der Waals surface area contributed by atoms with E-state index in [4.69, 9.17) is 4.74 Å². The fourth-order valence-corrected chi connectivity index (χ4v) is 3.62. The van der Waals surface area contributed by atoms with Gasteiger partial charge in [0.2, 0.25) is 0 Å². The van der Waals surface area contributed by atoms with Crippen LogP contribution in [0, 0.1) is 0 Å². The van der Waals surface area contributed by atoms with E-state index < -0.39 is 0 Å². The number of para-hydroxylation sites is 1. The molecular weight excluding hydrogens is 358 g/mol. The zero-order valence-electron chi connectivity index (χ0n) is 15.9. The van der Waals surface area contributed by atoms with Crippen molar-refractivity contribution in [2.45, 2.75) is 13.3 Å². The minimum Gasteiger partial charge on any atom is -0.450 e. The quantitative estimate of drug-likeness (QED) is 0.810. The van der Waals surface area contributed by atoms with Crippen LogP contribution in [0.5, 0.6) is 0 Å². The van der Waals surface area contributed by atoms with E-state index in [1.54, 1.807) is 22.9 Å². The van der Waals surface area contributed by atoms with E-state index in [0.717, 1.165) is 24.5 Å². The van der Waals surface area contributed by atoms with E-state index in [9.17, 15) is 9.59 Å². The van der Waals surface area contributed by atoms with Crippen LogP contribution in [0.4, 0.5) is 16.3 Å². The summed E-state index contributed by atoms with van der Waals surface area (Å²) in [6, 6.07) is 8.25. The number of hydrogen-bond donors (Lipinski definition) is 0. The van der Waals surface area contributed by atoms with Crippen LogP contribution in [-0.4, -0.2) is 71.1 Å². The standard InChI is InChI=1S/C20H23N5O3/c1-2-28-20(27)24-11-9-23(10-12-24)19(26)16-13-22-18(14-21-16)25-8-7-15-5-3-4-6-17(15)25/h3-6,13-14H,2,7-12H2,1H3. The summed E-state index contributed by atoms with van der Waals surface area (Å²) in [5, 5.41) is 0. The van der Waals surface area contributed by atoms with E-state index in [1.165, 1.54) is 11.8 Å². The van der Waals surface area contributed by atoms with Gasteiger partial charge in [-0.05, 0) is 25.0 Å². The van der Waals surface area contributed by atoms with E-state index in [0.29, 0.717) is 38.5 Å². The first-order valence-electron chi connectivity index (χ1n) is 9.56. The lowest BCUT2D eigenvalue weighted by molar-refractivity contribution is 0.0565. The molecule has 1 fully saturated rings. The highest BCUT2D eigenvalue weighted by Crippen LogP contribution is 2.32. The molecule has 2 aromatic rings. The normalized spacial score (nSPS) is 16.1. The number of amides is 2. The maximum atomic E-state index is 12.7. The molecular formula is C20H23N5O3. The summed E-state index contributed by atoms with van der Waals surface area (Å²) in [6.45, 7) is 4.82. The zero-order chi connectivity index (χ0) is 19.5. The molecule has 1 aromatic carbocycles. The fraction of sp³-hybridized carbons (Fsp3) is 0.400. The molecule has 0 saturated carbocycles.